The first-order chi connectivity index (χ1) is 16.1. The molecule has 1 atom stereocenters. The van der Waals surface area contributed by atoms with Crippen LogP contribution >= 0.6 is 0 Å². The fourth-order valence-corrected chi connectivity index (χ4v) is 4.47. The van der Waals surface area contributed by atoms with Gasteiger partial charge in [-0.05, 0) is 35.9 Å². The molecule has 0 radical (unpaired) electrons. The highest BCUT2D eigenvalue weighted by Gasteiger charge is 2.37. The standard InChI is InChI=1S/C21H17F6N3O4S/c22-20(23,24)15-8-13(9-16(10-15)21(25,26)27)11-35(33,34)12-17(19(32)29-7-6-28)30-18(31)14-4-2-1-3-5-14/h1-5,8-10,17H,7,11-12H2,(H,29,32)(H,30,31)/t17-/m0/s1. The molecule has 188 valence electrons. The number of hydrogen-bond acceptors (Lipinski definition) is 5. The normalized spacial score (nSPS) is 12.9. The third kappa shape index (κ3) is 8.29. The molecule has 0 fully saturated rings. The Hall–Kier alpha value is -3.60. The minimum atomic E-state index is -5.18. The molecule has 2 aromatic carbocycles. The van der Waals surface area contributed by atoms with E-state index in [-0.39, 0.29) is 23.8 Å². The van der Waals surface area contributed by atoms with Crippen molar-refractivity contribution in [1.29, 1.82) is 5.26 Å². The number of hydrogen-bond donors (Lipinski definition) is 2. The van der Waals surface area contributed by atoms with Gasteiger partial charge < -0.3 is 10.6 Å². The van der Waals surface area contributed by atoms with Crippen LogP contribution in [0.25, 0.3) is 0 Å². The maximum Gasteiger partial charge on any atom is 0.416 e. The van der Waals surface area contributed by atoms with E-state index in [9.17, 15) is 44.3 Å². The molecule has 0 bridgehead atoms. The lowest BCUT2D eigenvalue weighted by Gasteiger charge is -2.19. The lowest BCUT2D eigenvalue weighted by Crippen LogP contribution is -2.50. The van der Waals surface area contributed by atoms with E-state index in [0.717, 1.165) is 0 Å². The molecule has 7 nitrogen and oxygen atoms in total. The second-order valence-corrected chi connectivity index (χ2v) is 9.35. The predicted molar refractivity (Wildman–Crippen MR) is 110 cm³/mol. The van der Waals surface area contributed by atoms with Crippen molar-refractivity contribution < 1.29 is 44.3 Å². The number of benzene rings is 2. The monoisotopic (exact) mass is 521 g/mol. The summed E-state index contributed by atoms with van der Waals surface area (Å²) in [4.78, 5) is 24.7. The number of amides is 2. The summed E-state index contributed by atoms with van der Waals surface area (Å²) in [6.07, 6.45) is -10.4. The Labute approximate surface area is 195 Å². The average molecular weight is 521 g/mol. The van der Waals surface area contributed by atoms with Gasteiger partial charge in [-0.2, -0.15) is 31.6 Å². The fraction of sp³-hybridized carbons (Fsp3) is 0.286. The predicted octanol–water partition coefficient (Wildman–Crippen LogP) is 3.08. The molecule has 0 aliphatic carbocycles. The zero-order valence-electron chi connectivity index (χ0n) is 17.6. The van der Waals surface area contributed by atoms with Crippen molar-refractivity contribution in [1.82, 2.24) is 10.6 Å². The highest BCUT2D eigenvalue weighted by Crippen LogP contribution is 2.36. The highest BCUT2D eigenvalue weighted by atomic mass is 32.2. The molecule has 0 saturated carbocycles. The quantitative estimate of drug-likeness (QED) is 0.409. The van der Waals surface area contributed by atoms with Crippen molar-refractivity contribution >= 4 is 21.7 Å². The lowest BCUT2D eigenvalue weighted by atomic mass is 10.1. The molecule has 2 rings (SSSR count). The zero-order chi connectivity index (χ0) is 26.4. The van der Waals surface area contributed by atoms with E-state index < -0.39 is 74.8 Å². The Bertz CT molecular complexity index is 1190. The van der Waals surface area contributed by atoms with Crippen LogP contribution < -0.4 is 10.6 Å². The summed E-state index contributed by atoms with van der Waals surface area (Å²) in [5, 5.41) is 12.8. The second-order valence-electron chi connectivity index (χ2n) is 7.24. The number of nitrogens with one attached hydrogen (secondary N) is 2. The van der Waals surface area contributed by atoms with E-state index in [1.807, 2.05) is 0 Å². The van der Waals surface area contributed by atoms with Crippen LogP contribution in [0.5, 0.6) is 0 Å². The van der Waals surface area contributed by atoms with Crippen LogP contribution in [-0.4, -0.2) is 38.6 Å². The van der Waals surface area contributed by atoms with Gasteiger partial charge in [-0.25, -0.2) is 8.42 Å². The lowest BCUT2D eigenvalue weighted by molar-refractivity contribution is -0.143. The zero-order valence-corrected chi connectivity index (χ0v) is 18.4. The Morgan fingerprint density at radius 1 is 0.943 bits per heavy atom. The number of nitrogens with zero attached hydrogens (tertiary/aromatic N) is 1. The van der Waals surface area contributed by atoms with Crippen molar-refractivity contribution in [2.75, 3.05) is 12.3 Å². The number of carbonyl (C=O) groups is 2. The van der Waals surface area contributed by atoms with Crippen molar-refractivity contribution in [3.05, 3.63) is 70.8 Å². The van der Waals surface area contributed by atoms with Gasteiger partial charge in [-0.3, -0.25) is 9.59 Å². The molecule has 35 heavy (non-hydrogen) atoms. The molecule has 14 heteroatoms. The highest BCUT2D eigenvalue weighted by molar-refractivity contribution is 7.90. The molecular weight excluding hydrogens is 504 g/mol. The Balaban J connectivity index is 2.35. The summed E-state index contributed by atoms with van der Waals surface area (Å²) in [6.45, 7) is -0.543. The third-order valence-electron chi connectivity index (χ3n) is 4.45. The molecule has 0 heterocycles. The van der Waals surface area contributed by atoms with E-state index in [1.54, 1.807) is 12.1 Å². The molecule has 0 aliphatic rings. The van der Waals surface area contributed by atoms with Crippen LogP contribution in [0.3, 0.4) is 0 Å². The molecule has 0 saturated heterocycles. The summed E-state index contributed by atoms with van der Waals surface area (Å²) in [5.41, 5.74) is -4.15. The van der Waals surface area contributed by atoms with Crippen LogP contribution in [-0.2, 0) is 32.7 Å². The minimum absolute atomic E-state index is 0.0516. The van der Waals surface area contributed by atoms with Crippen LogP contribution in [0.2, 0.25) is 0 Å². The van der Waals surface area contributed by atoms with E-state index >= 15 is 0 Å². The fourth-order valence-electron chi connectivity index (χ4n) is 2.93. The van der Waals surface area contributed by atoms with E-state index in [1.165, 1.54) is 24.3 Å². The first-order valence-electron chi connectivity index (χ1n) is 9.62. The van der Waals surface area contributed by atoms with Crippen LogP contribution in [0, 0.1) is 11.3 Å². The van der Waals surface area contributed by atoms with Crippen molar-refractivity contribution in [3.63, 3.8) is 0 Å². The van der Waals surface area contributed by atoms with Gasteiger partial charge in [-0.15, -0.1) is 0 Å². The molecule has 0 unspecified atom stereocenters. The van der Waals surface area contributed by atoms with Gasteiger partial charge >= 0.3 is 12.4 Å². The second kappa shape index (κ2) is 10.8. The van der Waals surface area contributed by atoms with Gasteiger partial charge in [-0.1, -0.05) is 18.2 Å². The van der Waals surface area contributed by atoms with Crippen LogP contribution in [0.4, 0.5) is 26.3 Å². The Morgan fingerprint density at radius 2 is 1.49 bits per heavy atom. The van der Waals surface area contributed by atoms with Gasteiger partial charge in [0, 0.05) is 5.56 Å². The maximum absolute atomic E-state index is 13.1. The average Bonchev–Trinajstić information content (AvgIpc) is 2.75. The number of sulfone groups is 1. The summed E-state index contributed by atoms with van der Waals surface area (Å²) in [5.74, 6) is -4.38. The topological polar surface area (TPSA) is 116 Å². The summed E-state index contributed by atoms with van der Waals surface area (Å²) >= 11 is 0. The SMILES string of the molecule is N#CCNC(=O)[C@H](CS(=O)(=O)Cc1cc(C(F)(F)F)cc(C(F)(F)F)c1)NC(=O)c1ccccc1. The number of alkyl halides is 6. The molecule has 0 aromatic heterocycles. The van der Waals surface area contributed by atoms with Gasteiger partial charge in [0.25, 0.3) is 5.91 Å². The molecule has 2 N–H and O–H groups in total. The third-order valence-corrected chi connectivity index (χ3v) is 6.07. The molecule has 2 amide bonds. The van der Waals surface area contributed by atoms with E-state index in [2.05, 4.69) is 10.6 Å². The van der Waals surface area contributed by atoms with Crippen LogP contribution in [0.1, 0.15) is 27.0 Å². The Morgan fingerprint density at radius 3 is 1.97 bits per heavy atom. The smallest absolute Gasteiger partial charge is 0.341 e. The van der Waals surface area contributed by atoms with E-state index in [0.29, 0.717) is 0 Å². The van der Waals surface area contributed by atoms with Gasteiger partial charge in [0.2, 0.25) is 5.91 Å². The Kier molecular flexibility index (Phi) is 8.50. The molecule has 2 aromatic rings. The van der Waals surface area contributed by atoms with Gasteiger partial charge in [0.05, 0.1) is 28.7 Å². The molecular formula is C21H17F6N3O4S. The minimum Gasteiger partial charge on any atom is -0.341 e. The number of halogens is 6. The van der Waals surface area contributed by atoms with Crippen LogP contribution in [0.15, 0.2) is 48.5 Å². The molecule has 0 aliphatic heterocycles. The van der Waals surface area contributed by atoms with Crippen molar-refractivity contribution in [3.8, 4) is 6.07 Å². The van der Waals surface area contributed by atoms with Gasteiger partial charge in [0.15, 0.2) is 9.84 Å². The number of carbonyl (C=O) groups excluding carboxylic acids is 2. The summed E-state index contributed by atoms with van der Waals surface area (Å²) < 4.78 is 104. The maximum atomic E-state index is 13.1. The number of rotatable bonds is 8. The van der Waals surface area contributed by atoms with Crippen molar-refractivity contribution in [2.24, 2.45) is 0 Å². The molecule has 0 spiro atoms. The van der Waals surface area contributed by atoms with E-state index in [4.69, 9.17) is 5.26 Å². The summed E-state index contributed by atoms with van der Waals surface area (Å²) in [7, 11) is -4.55. The first kappa shape index (κ1) is 27.6. The van der Waals surface area contributed by atoms with Crippen molar-refractivity contribution in [2.45, 2.75) is 24.1 Å². The number of nitriles is 1. The first-order valence-corrected chi connectivity index (χ1v) is 11.4. The largest absolute Gasteiger partial charge is 0.416 e. The van der Waals surface area contributed by atoms with Gasteiger partial charge in [0.1, 0.15) is 12.6 Å². The summed E-state index contributed by atoms with van der Waals surface area (Å²) in [6, 6.07) is 7.45.